The van der Waals surface area contributed by atoms with Crippen LogP contribution >= 0.6 is 23.5 Å². The van der Waals surface area contributed by atoms with Gasteiger partial charge in [0.2, 0.25) is 5.91 Å². The third kappa shape index (κ3) is 4.91. The molecule has 1 amide bonds. The molecule has 130 valence electrons. The minimum Gasteiger partial charge on any atom is -0.333 e. The van der Waals surface area contributed by atoms with Crippen molar-refractivity contribution in [2.24, 2.45) is 0 Å². The van der Waals surface area contributed by atoms with E-state index >= 15 is 0 Å². The first-order valence-corrected chi connectivity index (χ1v) is 9.85. The predicted molar refractivity (Wildman–Crippen MR) is 106 cm³/mol. The van der Waals surface area contributed by atoms with Gasteiger partial charge in [0.1, 0.15) is 0 Å². The van der Waals surface area contributed by atoms with Gasteiger partial charge in [0.15, 0.2) is 5.16 Å². The van der Waals surface area contributed by atoms with Crippen LogP contribution in [0.5, 0.6) is 0 Å². The van der Waals surface area contributed by atoms with Gasteiger partial charge in [0, 0.05) is 4.90 Å². The van der Waals surface area contributed by atoms with E-state index in [0.29, 0.717) is 10.9 Å². The highest BCUT2D eigenvalue weighted by molar-refractivity contribution is 8.00. The molecule has 1 aromatic heterocycles. The van der Waals surface area contributed by atoms with Crippen LogP contribution in [0.25, 0.3) is 11.3 Å². The molecule has 26 heavy (non-hydrogen) atoms. The summed E-state index contributed by atoms with van der Waals surface area (Å²) in [6.07, 6.45) is 1.77. The van der Waals surface area contributed by atoms with E-state index in [1.165, 1.54) is 23.5 Å². The van der Waals surface area contributed by atoms with Crippen molar-refractivity contribution >= 4 is 35.1 Å². The van der Waals surface area contributed by atoms with Crippen LogP contribution in [-0.2, 0) is 4.79 Å². The van der Waals surface area contributed by atoms with Crippen LogP contribution in [0.1, 0.15) is 0 Å². The van der Waals surface area contributed by atoms with E-state index in [9.17, 15) is 4.79 Å². The van der Waals surface area contributed by atoms with Crippen LogP contribution < -0.4 is 5.32 Å². The summed E-state index contributed by atoms with van der Waals surface area (Å²) in [5, 5.41) is 12.3. The third-order valence-corrected chi connectivity index (χ3v) is 5.26. The average molecular weight is 380 g/mol. The summed E-state index contributed by atoms with van der Waals surface area (Å²) in [5.74, 6) is 0.479. The van der Waals surface area contributed by atoms with Crippen molar-refractivity contribution in [1.29, 1.82) is 5.26 Å². The average Bonchev–Trinajstić information content (AvgIpc) is 3.15. The summed E-state index contributed by atoms with van der Waals surface area (Å²) in [6.45, 7) is 0. The van der Waals surface area contributed by atoms with E-state index in [1.54, 1.807) is 6.20 Å². The quantitative estimate of drug-likeness (QED) is 0.593. The smallest absolute Gasteiger partial charge is 0.234 e. The minimum absolute atomic E-state index is 0.113. The topological polar surface area (TPSA) is 81.6 Å². The molecule has 2 N–H and O–H groups in total. The van der Waals surface area contributed by atoms with Crippen LogP contribution in [0.2, 0.25) is 0 Å². The maximum Gasteiger partial charge on any atom is 0.234 e. The molecular formula is C19H16N4OS2. The molecule has 1 heterocycles. The van der Waals surface area contributed by atoms with Gasteiger partial charge < -0.3 is 10.3 Å². The number of hydrogen-bond donors (Lipinski definition) is 2. The number of anilines is 1. The normalized spacial score (nSPS) is 10.3. The lowest BCUT2D eigenvalue weighted by atomic mass is 10.2. The Hall–Kier alpha value is -2.69. The van der Waals surface area contributed by atoms with Gasteiger partial charge in [-0.05, 0) is 17.7 Å². The highest BCUT2D eigenvalue weighted by Gasteiger charge is 2.10. The number of rotatable bonds is 7. The number of H-pyrrole nitrogens is 1. The molecule has 5 nitrogen and oxygen atoms in total. The fourth-order valence-corrected chi connectivity index (χ4v) is 3.59. The van der Waals surface area contributed by atoms with Crippen LogP contribution in [0.4, 0.5) is 5.69 Å². The Labute approximate surface area is 160 Å². The lowest BCUT2D eigenvalue weighted by molar-refractivity contribution is -0.113. The molecule has 2 aromatic carbocycles. The number of aromatic amines is 1. The monoisotopic (exact) mass is 380 g/mol. The first kappa shape index (κ1) is 18.1. The molecule has 0 aliphatic rings. The number of carbonyl (C=O) groups is 1. The molecule has 0 unspecified atom stereocenters. The Morgan fingerprint density at radius 1 is 1.12 bits per heavy atom. The van der Waals surface area contributed by atoms with Gasteiger partial charge in [-0.1, -0.05) is 54.2 Å². The second-order valence-electron chi connectivity index (χ2n) is 5.25. The molecule has 0 aliphatic carbocycles. The van der Waals surface area contributed by atoms with Crippen molar-refractivity contribution in [3.63, 3.8) is 0 Å². The van der Waals surface area contributed by atoms with Crippen molar-refractivity contribution in [3.8, 4) is 17.3 Å². The first-order valence-electron chi connectivity index (χ1n) is 7.88. The molecule has 0 saturated heterocycles. The lowest BCUT2D eigenvalue weighted by Gasteiger charge is -2.09. The molecule has 3 aromatic rings. The van der Waals surface area contributed by atoms with Gasteiger partial charge in [-0.25, -0.2) is 4.98 Å². The largest absolute Gasteiger partial charge is 0.333 e. The zero-order valence-electron chi connectivity index (χ0n) is 13.8. The van der Waals surface area contributed by atoms with E-state index < -0.39 is 0 Å². The Kier molecular flexibility index (Phi) is 6.36. The number of para-hydroxylation sites is 1. The Bertz CT molecular complexity index is 919. The number of aromatic nitrogens is 2. The maximum absolute atomic E-state index is 12.2. The van der Waals surface area contributed by atoms with Gasteiger partial charge in [-0.2, -0.15) is 5.26 Å². The van der Waals surface area contributed by atoms with Crippen molar-refractivity contribution < 1.29 is 4.79 Å². The van der Waals surface area contributed by atoms with Crippen LogP contribution in [0.3, 0.4) is 0 Å². The van der Waals surface area contributed by atoms with Crippen molar-refractivity contribution in [2.75, 3.05) is 16.8 Å². The number of nitrogens with zero attached hydrogens (tertiary/aromatic N) is 2. The lowest BCUT2D eigenvalue weighted by Crippen LogP contribution is -2.14. The van der Waals surface area contributed by atoms with Gasteiger partial charge in [0.25, 0.3) is 0 Å². The van der Waals surface area contributed by atoms with Crippen LogP contribution in [-0.4, -0.2) is 27.4 Å². The maximum atomic E-state index is 12.2. The second-order valence-corrected chi connectivity index (χ2v) is 7.23. The fraction of sp³-hybridized carbons (Fsp3) is 0.105. The van der Waals surface area contributed by atoms with E-state index in [4.69, 9.17) is 5.26 Å². The number of nitrogens with one attached hydrogen (secondary N) is 2. The first-order chi connectivity index (χ1) is 12.8. The molecule has 0 bridgehead atoms. The minimum atomic E-state index is -0.113. The molecule has 0 spiro atoms. The molecule has 0 aliphatic heterocycles. The zero-order valence-corrected chi connectivity index (χ0v) is 15.4. The molecular weight excluding hydrogens is 364 g/mol. The highest BCUT2D eigenvalue weighted by Crippen LogP contribution is 2.27. The molecule has 0 saturated carbocycles. The second kappa shape index (κ2) is 9.13. The fourth-order valence-electron chi connectivity index (χ4n) is 2.27. The summed E-state index contributed by atoms with van der Waals surface area (Å²) in [4.78, 5) is 20.7. The molecule has 0 fully saturated rings. The summed E-state index contributed by atoms with van der Waals surface area (Å²) in [6, 6.07) is 19.5. The highest BCUT2D eigenvalue weighted by atomic mass is 32.2. The van der Waals surface area contributed by atoms with E-state index in [0.717, 1.165) is 21.8 Å². The number of hydrogen-bond acceptors (Lipinski definition) is 5. The SMILES string of the molecule is N#CCSc1ccccc1NC(=O)CSc1ncc(-c2ccccc2)[nH]1. The Morgan fingerprint density at radius 2 is 1.88 bits per heavy atom. The number of amides is 1. The van der Waals surface area contributed by atoms with Gasteiger partial charge in [-0.3, -0.25) is 4.79 Å². The number of carbonyl (C=O) groups excluding carboxylic acids is 1. The van der Waals surface area contributed by atoms with Gasteiger partial charge >= 0.3 is 0 Å². The molecule has 0 atom stereocenters. The van der Waals surface area contributed by atoms with Gasteiger partial charge in [0.05, 0.1) is 35.2 Å². The Morgan fingerprint density at radius 3 is 2.69 bits per heavy atom. The number of thioether (sulfide) groups is 2. The molecule has 0 radical (unpaired) electrons. The van der Waals surface area contributed by atoms with Gasteiger partial charge in [-0.15, -0.1) is 11.8 Å². The van der Waals surface area contributed by atoms with E-state index in [1.807, 2.05) is 54.6 Å². The van der Waals surface area contributed by atoms with Crippen molar-refractivity contribution in [2.45, 2.75) is 10.1 Å². The standard InChI is InChI=1S/C19H16N4OS2/c20-10-11-25-17-9-5-4-8-15(17)22-18(24)13-26-19-21-12-16(23-19)14-6-2-1-3-7-14/h1-9,12H,11,13H2,(H,21,23)(H,22,24). The summed E-state index contributed by atoms with van der Waals surface area (Å²) in [7, 11) is 0. The summed E-state index contributed by atoms with van der Waals surface area (Å²) in [5.41, 5.74) is 2.70. The van der Waals surface area contributed by atoms with E-state index in [2.05, 4.69) is 21.4 Å². The summed E-state index contributed by atoms with van der Waals surface area (Å²) < 4.78 is 0. The summed E-state index contributed by atoms with van der Waals surface area (Å²) >= 11 is 2.75. The Balaban J connectivity index is 1.57. The number of imidazole rings is 1. The number of benzene rings is 2. The third-order valence-electron chi connectivity index (χ3n) is 3.43. The molecule has 3 rings (SSSR count). The molecule has 7 heteroatoms. The van der Waals surface area contributed by atoms with Crippen LogP contribution in [0.15, 0.2) is 70.8 Å². The van der Waals surface area contributed by atoms with E-state index in [-0.39, 0.29) is 11.7 Å². The van der Waals surface area contributed by atoms with Crippen molar-refractivity contribution in [1.82, 2.24) is 9.97 Å². The number of nitriles is 1. The van der Waals surface area contributed by atoms with Crippen LogP contribution in [0, 0.1) is 11.3 Å². The predicted octanol–water partition coefficient (Wildman–Crippen LogP) is 4.42. The van der Waals surface area contributed by atoms with Crippen molar-refractivity contribution in [3.05, 3.63) is 60.8 Å². The zero-order chi connectivity index (χ0) is 18.2.